The number of thiazole rings is 1. The number of hydrogen-bond acceptors (Lipinski definition) is 4. The largest absolute Gasteiger partial charge is 0.352 e. The third-order valence-electron chi connectivity index (χ3n) is 5.95. The molecule has 4 rings (SSSR count). The number of aromatic nitrogens is 1. The summed E-state index contributed by atoms with van der Waals surface area (Å²) in [5.41, 5.74) is 8.29. The number of Topliss-reactive ketones (excluding diaryl/α,β-unsaturated/α-hetero) is 1. The summed E-state index contributed by atoms with van der Waals surface area (Å²) in [5, 5.41) is 5.96. The first-order valence-electron chi connectivity index (χ1n) is 11.4. The summed E-state index contributed by atoms with van der Waals surface area (Å²) < 4.78 is 0. The monoisotopic (exact) mass is 468 g/mol. The molecule has 0 spiro atoms. The number of rotatable bonds is 8. The van der Waals surface area contributed by atoms with E-state index < -0.39 is 0 Å². The van der Waals surface area contributed by atoms with Crippen LogP contribution >= 0.6 is 11.3 Å². The summed E-state index contributed by atoms with van der Waals surface area (Å²) in [6, 6.07) is 22.1. The summed E-state index contributed by atoms with van der Waals surface area (Å²) in [5.74, 6) is -0.125. The van der Waals surface area contributed by atoms with Gasteiger partial charge in [-0.15, -0.1) is 11.3 Å². The first-order valence-corrected chi connectivity index (χ1v) is 12.3. The van der Waals surface area contributed by atoms with Crippen LogP contribution in [-0.4, -0.2) is 16.7 Å². The molecule has 1 N–H and O–H groups in total. The third kappa shape index (κ3) is 5.86. The number of carbonyl (C=O) groups is 2. The topological polar surface area (TPSA) is 59.1 Å². The molecule has 1 amide bonds. The van der Waals surface area contributed by atoms with Gasteiger partial charge in [-0.25, -0.2) is 4.98 Å². The molecular formula is C29H28N2O2S. The number of benzene rings is 3. The second-order valence-electron chi connectivity index (χ2n) is 8.60. The Kier molecular flexibility index (Phi) is 7.33. The van der Waals surface area contributed by atoms with Gasteiger partial charge in [0, 0.05) is 41.5 Å². The van der Waals surface area contributed by atoms with Crippen molar-refractivity contribution in [2.24, 2.45) is 0 Å². The molecule has 0 aliphatic rings. The van der Waals surface area contributed by atoms with Crippen molar-refractivity contribution in [2.45, 2.75) is 40.2 Å². The number of nitrogens with one attached hydrogen (secondary N) is 1. The Morgan fingerprint density at radius 2 is 1.53 bits per heavy atom. The van der Waals surface area contributed by atoms with Crippen molar-refractivity contribution < 1.29 is 9.59 Å². The molecule has 0 radical (unpaired) electrons. The first kappa shape index (κ1) is 23.6. The van der Waals surface area contributed by atoms with Crippen LogP contribution in [0.15, 0.2) is 72.1 Å². The van der Waals surface area contributed by atoms with Crippen LogP contribution in [0.5, 0.6) is 0 Å². The van der Waals surface area contributed by atoms with Gasteiger partial charge in [0.1, 0.15) is 5.01 Å². The Balaban J connectivity index is 1.28. The van der Waals surface area contributed by atoms with Crippen LogP contribution in [0.4, 0.5) is 0 Å². The predicted octanol–water partition coefficient (Wildman–Crippen LogP) is 6.68. The second kappa shape index (κ2) is 10.6. The van der Waals surface area contributed by atoms with Gasteiger partial charge in [0.25, 0.3) is 0 Å². The van der Waals surface area contributed by atoms with Gasteiger partial charge in [-0.3, -0.25) is 9.59 Å². The highest BCUT2D eigenvalue weighted by Gasteiger charge is 2.11. The molecule has 0 atom stereocenters. The van der Waals surface area contributed by atoms with Crippen LogP contribution in [-0.2, 0) is 11.3 Å². The lowest BCUT2D eigenvalue weighted by molar-refractivity contribution is -0.121. The Bertz CT molecular complexity index is 1300. The fraction of sp³-hybridized carbons (Fsp3) is 0.207. The van der Waals surface area contributed by atoms with Crippen molar-refractivity contribution in [3.8, 4) is 21.8 Å². The van der Waals surface area contributed by atoms with Crippen LogP contribution in [0.25, 0.3) is 21.8 Å². The minimum absolute atomic E-state index is 0.00365. The highest BCUT2D eigenvalue weighted by atomic mass is 32.1. The fourth-order valence-electron chi connectivity index (χ4n) is 3.60. The number of carbonyl (C=O) groups excluding carboxylic acids is 2. The van der Waals surface area contributed by atoms with E-state index in [1.807, 2.05) is 56.3 Å². The molecule has 5 heteroatoms. The maximum atomic E-state index is 12.4. The van der Waals surface area contributed by atoms with E-state index in [0.717, 1.165) is 38.5 Å². The van der Waals surface area contributed by atoms with Gasteiger partial charge in [-0.1, -0.05) is 66.2 Å². The van der Waals surface area contributed by atoms with Gasteiger partial charge in [-0.2, -0.15) is 0 Å². The minimum atomic E-state index is -0.121. The van der Waals surface area contributed by atoms with Crippen molar-refractivity contribution in [2.75, 3.05) is 0 Å². The molecule has 0 aliphatic carbocycles. The van der Waals surface area contributed by atoms with E-state index in [1.165, 1.54) is 5.56 Å². The Labute approximate surface area is 204 Å². The molecule has 4 nitrogen and oxygen atoms in total. The summed E-state index contributed by atoms with van der Waals surface area (Å²) >= 11 is 1.62. The predicted molar refractivity (Wildman–Crippen MR) is 139 cm³/mol. The van der Waals surface area contributed by atoms with E-state index in [2.05, 4.69) is 41.9 Å². The number of aryl methyl sites for hydroxylation is 3. The van der Waals surface area contributed by atoms with Crippen LogP contribution in [0.1, 0.15) is 45.5 Å². The number of nitrogens with zero attached hydrogens (tertiary/aromatic N) is 1. The smallest absolute Gasteiger partial charge is 0.220 e. The van der Waals surface area contributed by atoms with Gasteiger partial charge in [0.05, 0.1) is 5.69 Å². The van der Waals surface area contributed by atoms with Crippen LogP contribution in [0.3, 0.4) is 0 Å². The number of amides is 1. The maximum absolute atomic E-state index is 12.4. The highest BCUT2D eigenvalue weighted by Crippen LogP contribution is 2.29. The molecule has 34 heavy (non-hydrogen) atoms. The average molecular weight is 469 g/mol. The molecule has 0 aliphatic heterocycles. The van der Waals surface area contributed by atoms with E-state index in [-0.39, 0.29) is 24.5 Å². The lowest BCUT2D eigenvalue weighted by atomic mass is 10.0. The van der Waals surface area contributed by atoms with E-state index in [1.54, 1.807) is 11.3 Å². The fourth-order valence-corrected chi connectivity index (χ4v) is 4.44. The van der Waals surface area contributed by atoms with E-state index in [4.69, 9.17) is 4.98 Å². The van der Waals surface area contributed by atoms with Gasteiger partial charge < -0.3 is 5.32 Å². The zero-order valence-electron chi connectivity index (χ0n) is 19.7. The summed E-state index contributed by atoms with van der Waals surface area (Å²) in [7, 11) is 0. The number of ketones is 1. The van der Waals surface area contributed by atoms with Crippen LogP contribution in [0.2, 0.25) is 0 Å². The van der Waals surface area contributed by atoms with Gasteiger partial charge >= 0.3 is 0 Å². The summed E-state index contributed by atoms with van der Waals surface area (Å²) in [6.45, 7) is 6.51. The van der Waals surface area contributed by atoms with Gasteiger partial charge in [0.2, 0.25) is 5.91 Å². The van der Waals surface area contributed by atoms with E-state index in [9.17, 15) is 9.59 Å². The van der Waals surface area contributed by atoms with Crippen molar-refractivity contribution in [3.63, 3.8) is 0 Å². The SMILES string of the molecule is Cc1ccc(-c2csc(-c3ccc(CNC(=O)CCC(=O)c4ccc(C)c(C)c4)cc3)n2)cc1. The van der Waals surface area contributed by atoms with Crippen molar-refractivity contribution in [1.82, 2.24) is 10.3 Å². The Hall–Kier alpha value is -3.57. The summed E-state index contributed by atoms with van der Waals surface area (Å²) in [6.07, 6.45) is 0.394. The average Bonchev–Trinajstić information content (AvgIpc) is 3.34. The molecule has 4 aromatic rings. The molecule has 172 valence electrons. The molecule has 1 heterocycles. The molecule has 1 aromatic heterocycles. The number of hydrogen-bond donors (Lipinski definition) is 1. The summed E-state index contributed by atoms with van der Waals surface area (Å²) in [4.78, 5) is 29.4. The second-order valence-corrected chi connectivity index (χ2v) is 9.46. The quantitative estimate of drug-likeness (QED) is 0.293. The molecule has 0 unspecified atom stereocenters. The maximum Gasteiger partial charge on any atom is 0.220 e. The molecule has 3 aromatic carbocycles. The molecule has 0 saturated carbocycles. The van der Waals surface area contributed by atoms with Crippen molar-refractivity contribution in [1.29, 1.82) is 0 Å². The third-order valence-corrected chi connectivity index (χ3v) is 6.84. The lowest BCUT2D eigenvalue weighted by Crippen LogP contribution is -2.23. The van der Waals surface area contributed by atoms with Crippen molar-refractivity contribution >= 4 is 23.0 Å². The zero-order chi connectivity index (χ0) is 24.1. The van der Waals surface area contributed by atoms with E-state index >= 15 is 0 Å². The van der Waals surface area contributed by atoms with Gasteiger partial charge in [-0.05, 0) is 43.5 Å². The first-order chi connectivity index (χ1) is 16.4. The standard InChI is InChI=1S/C29H28N2O2S/c1-19-4-9-23(10-5-19)26-18-34-29(31-26)24-12-7-22(8-13-24)17-30-28(33)15-14-27(32)25-11-6-20(2)21(3)16-25/h4-13,16,18H,14-15,17H2,1-3H3,(H,30,33). The molecule has 0 saturated heterocycles. The Morgan fingerprint density at radius 1 is 0.824 bits per heavy atom. The van der Waals surface area contributed by atoms with Gasteiger partial charge in [0.15, 0.2) is 5.78 Å². The minimum Gasteiger partial charge on any atom is -0.352 e. The van der Waals surface area contributed by atoms with E-state index in [0.29, 0.717) is 12.1 Å². The normalized spacial score (nSPS) is 10.8. The highest BCUT2D eigenvalue weighted by molar-refractivity contribution is 7.13. The molecule has 0 fully saturated rings. The molecular weight excluding hydrogens is 440 g/mol. The Morgan fingerprint density at radius 3 is 2.24 bits per heavy atom. The van der Waals surface area contributed by atoms with Crippen LogP contribution < -0.4 is 5.32 Å². The molecule has 0 bridgehead atoms. The van der Waals surface area contributed by atoms with Crippen LogP contribution in [0, 0.1) is 20.8 Å². The van der Waals surface area contributed by atoms with Crippen molar-refractivity contribution in [3.05, 3.63) is 99.9 Å². The lowest BCUT2D eigenvalue weighted by Gasteiger charge is -2.07. The zero-order valence-corrected chi connectivity index (χ0v) is 20.5.